The number of nitrogen functional groups attached to an aromatic ring is 1. The van der Waals surface area contributed by atoms with Crippen LogP contribution in [0.25, 0.3) is 0 Å². The number of amides is 1. The molecule has 5 nitrogen and oxygen atoms in total. The first kappa shape index (κ1) is 14.3. The van der Waals surface area contributed by atoms with Gasteiger partial charge in [0.15, 0.2) is 0 Å². The normalized spacial score (nSPS) is 10.2. The Labute approximate surface area is 122 Å². The van der Waals surface area contributed by atoms with E-state index in [1.54, 1.807) is 12.1 Å². The van der Waals surface area contributed by atoms with E-state index in [-0.39, 0.29) is 16.6 Å². The SMILES string of the molecule is Cc1ccc(NC(=O)c2nc(NN)ccc2Cl)cc1C. The van der Waals surface area contributed by atoms with Crippen LogP contribution >= 0.6 is 11.6 Å². The molecule has 2 rings (SSSR count). The Morgan fingerprint density at radius 1 is 1.20 bits per heavy atom. The number of nitrogens with zero attached hydrogens (tertiary/aromatic N) is 1. The van der Waals surface area contributed by atoms with E-state index in [9.17, 15) is 4.79 Å². The molecule has 20 heavy (non-hydrogen) atoms. The van der Waals surface area contributed by atoms with Gasteiger partial charge in [0, 0.05) is 5.69 Å². The highest BCUT2D eigenvalue weighted by Gasteiger charge is 2.13. The summed E-state index contributed by atoms with van der Waals surface area (Å²) in [6.45, 7) is 3.99. The minimum absolute atomic E-state index is 0.125. The highest BCUT2D eigenvalue weighted by Crippen LogP contribution is 2.19. The fraction of sp³-hybridized carbons (Fsp3) is 0.143. The van der Waals surface area contributed by atoms with E-state index in [0.717, 1.165) is 11.1 Å². The van der Waals surface area contributed by atoms with Crippen LogP contribution in [0.5, 0.6) is 0 Å². The van der Waals surface area contributed by atoms with E-state index in [4.69, 9.17) is 17.4 Å². The molecule has 1 aromatic carbocycles. The van der Waals surface area contributed by atoms with Gasteiger partial charge < -0.3 is 10.7 Å². The highest BCUT2D eigenvalue weighted by atomic mass is 35.5. The average molecular weight is 291 g/mol. The molecule has 0 fully saturated rings. The number of nitrogens with one attached hydrogen (secondary N) is 2. The van der Waals surface area contributed by atoms with E-state index < -0.39 is 0 Å². The predicted molar refractivity (Wildman–Crippen MR) is 80.9 cm³/mol. The number of hydrogen-bond donors (Lipinski definition) is 3. The molecule has 0 bridgehead atoms. The molecule has 0 spiro atoms. The summed E-state index contributed by atoms with van der Waals surface area (Å²) in [5, 5.41) is 3.03. The molecule has 1 amide bonds. The number of nitrogens with two attached hydrogens (primary N) is 1. The molecular weight excluding hydrogens is 276 g/mol. The summed E-state index contributed by atoms with van der Waals surface area (Å²) in [6.07, 6.45) is 0. The lowest BCUT2D eigenvalue weighted by atomic mass is 10.1. The van der Waals surface area contributed by atoms with Crippen LogP contribution in [0.4, 0.5) is 11.5 Å². The summed E-state index contributed by atoms with van der Waals surface area (Å²) in [7, 11) is 0. The zero-order chi connectivity index (χ0) is 14.7. The molecule has 104 valence electrons. The number of benzene rings is 1. The van der Waals surface area contributed by atoms with Gasteiger partial charge in [-0.05, 0) is 49.2 Å². The van der Waals surface area contributed by atoms with Gasteiger partial charge in [-0.1, -0.05) is 17.7 Å². The van der Waals surface area contributed by atoms with Gasteiger partial charge in [-0.15, -0.1) is 0 Å². The van der Waals surface area contributed by atoms with Crippen molar-refractivity contribution in [1.29, 1.82) is 0 Å². The molecule has 0 aliphatic rings. The number of carbonyl (C=O) groups excluding carboxylic acids is 1. The zero-order valence-corrected chi connectivity index (χ0v) is 12.0. The third-order valence-electron chi connectivity index (χ3n) is 2.97. The van der Waals surface area contributed by atoms with Gasteiger partial charge in [0.2, 0.25) is 0 Å². The third kappa shape index (κ3) is 3.07. The number of pyridine rings is 1. The molecule has 1 aromatic heterocycles. The van der Waals surface area contributed by atoms with Crippen molar-refractivity contribution >= 4 is 29.0 Å². The van der Waals surface area contributed by atoms with Gasteiger partial charge in [-0.3, -0.25) is 4.79 Å². The summed E-state index contributed by atoms with van der Waals surface area (Å²) >= 11 is 5.98. The number of aromatic nitrogens is 1. The van der Waals surface area contributed by atoms with Crippen molar-refractivity contribution < 1.29 is 4.79 Å². The van der Waals surface area contributed by atoms with E-state index in [0.29, 0.717) is 11.5 Å². The Bertz CT molecular complexity index is 658. The molecule has 0 saturated heterocycles. The molecule has 6 heteroatoms. The molecule has 0 atom stereocenters. The summed E-state index contributed by atoms with van der Waals surface area (Å²) in [5.41, 5.74) is 5.46. The van der Waals surface area contributed by atoms with E-state index in [2.05, 4.69) is 15.7 Å². The first-order valence-electron chi connectivity index (χ1n) is 6.03. The largest absolute Gasteiger partial charge is 0.321 e. The van der Waals surface area contributed by atoms with Crippen molar-refractivity contribution in [2.75, 3.05) is 10.7 Å². The zero-order valence-electron chi connectivity index (χ0n) is 11.2. The Morgan fingerprint density at radius 2 is 1.95 bits per heavy atom. The molecule has 0 aliphatic heterocycles. The van der Waals surface area contributed by atoms with Crippen LogP contribution in [-0.4, -0.2) is 10.9 Å². The maximum Gasteiger partial charge on any atom is 0.275 e. The molecule has 0 unspecified atom stereocenters. The van der Waals surface area contributed by atoms with Gasteiger partial charge in [0.05, 0.1) is 5.02 Å². The second kappa shape index (κ2) is 5.90. The standard InChI is InChI=1S/C14H15ClN4O/c1-8-3-4-10(7-9(8)2)17-14(20)13-11(15)5-6-12(18-13)19-16/h3-7H,16H2,1-2H3,(H,17,20)(H,18,19). The number of anilines is 2. The van der Waals surface area contributed by atoms with Gasteiger partial charge in [0.25, 0.3) is 5.91 Å². The molecule has 0 aliphatic carbocycles. The summed E-state index contributed by atoms with van der Waals surface area (Å²) < 4.78 is 0. The van der Waals surface area contributed by atoms with Gasteiger partial charge in [-0.2, -0.15) is 0 Å². The lowest BCUT2D eigenvalue weighted by molar-refractivity contribution is 0.102. The maximum atomic E-state index is 12.2. The molecule has 4 N–H and O–H groups in total. The second-order valence-corrected chi connectivity index (χ2v) is 4.83. The fourth-order valence-corrected chi connectivity index (χ4v) is 1.88. The van der Waals surface area contributed by atoms with Gasteiger partial charge >= 0.3 is 0 Å². The van der Waals surface area contributed by atoms with Crippen molar-refractivity contribution in [3.05, 3.63) is 52.2 Å². The monoisotopic (exact) mass is 290 g/mol. The van der Waals surface area contributed by atoms with E-state index in [1.165, 1.54) is 0 Å². The Hall–Kier alpha value is -2.11. The van der Waals surface area contributed by atoms with Crippen LogP contribution in [0.3, 0.4) is 0 Å². The number of carbonyl (C=O) groups is 1. The van der Waals surface area contributed by atoms with Crippen molar-refractivity contribution in [3.63, 3.8) is 0 Å². The van der Waals surface area contributed by atoms with E-state index >= 15 is 0 Å². The van der Waals surface area contributed by atoms with Gasteiger partial charge in [-0.25, -0.2) is 10.8 Å². The highest BCUT2D eigenvalue weighted by molar-refractivity contribution is 6.34. The van der Waals surface area contributed by atoms with Crippen LogP contribution < -0.4 is 16.6 Å². The van der Waals surface area contributed by atoms with Crippen molar-refractivity contribution in [1.82, 2.24) is 4.98 Å². The number of rotatable bonds is 3. The molecule has 0 saturated carbocycles. The Morgan fingerprint density at radius 3 is 2.60 bits per heavy atom. The van der Waals surface area contributed by atoms with Crippen molar-refractivity contribution in [2.24, 2.45) is 5.84 Å². The number of aryl methyl sites for hydroxylation is 2. The van der Waals surface area contributed by atoms with Crippen LogP contribution in [0.1, 0.15) is 21.6 Å². The second-order valence-electron chi connectivity index (χ2n) is 4.42. The lowest BCUT2D eigenvalue weighted by Crippen LogP contribution is -2.17. The Kier molecular flexibility index (Phi) is 4.22. The fourth-order valence-electron chi connectivity index (χ4n) is 1.69. The van der Waals surface area contributed by atoms with Crippen LogP contribution in [0.2, 0.25) is 5.02 Å². The topological polar surface area (TPSA) is 80.0 Å². The predicted octanol–water partition coefficient (Wildman–Crippen LogP) is 2.89. The lowest BCUT2D eigenvalue weighted by Gasteiger charge is -2.09. The first-order chi connectivity index (χ1) is 9.51. The maximum absolute atomic E-state index is 12.2. The van der Waals surface area contributed by atoms with E-state index in [1.807, 2.05) is 32.0 Å². The van der Waals surface area contributed by atoms with Crippen LogP contribution in [-0.2, 0) is 0 Å². The number of halogens is 1. The molecule has 1 heterocycles. The molecule has 0 radical (unpaired) electrons. The van der Waals surface area contributed by atoms with Crippen LogP contribution in [0, 0.1) is 13.8 Å². The summed E-state index contributed by atoms with van der Waals surface area (Å²) in [5.74, 6) is 5.27. The average Bonchev–Trinajstić information content (AvgIpc) is 2.43. The Balaban J connectivity index is 2.25. The number of hydrazine groups is 1. The summed E-state index contributed by atoms with van der Waals surface area (Å²) in [6, 6.07) is 8.83. The third-order valence-corrected chi connectivity index (χ3v) is 3.28. The smallest absolute Gasteiger partial charge is 0.275 e. The van der Waals surface area contributed by atoms with Crippen LogP contribution in [0.15, 0.2) is 30.3 Å². The first-order valence-corrected chi connectivity index (χ1v) is 6.41. The minimum Gasteiger partial charge on any atom is -0.321 e. The molecule has 2 aromatic rings. The quantitative estimate of drug-likeness (QED) is 0.600. The summed E-state index contributed by atoms with van der Waals surface area (Å²) in [4.78, 5) is 16.2. The van der Waals surface area contributed by atoms with Gasteiger partial charge in [0.1, 0.15) is 11.5 Å². The van der Waals surface area contributed by atoms with Crippen molar-refractivity contribution in [3.8, 4) is 0 Å². The number of hydrogen-bond acceptors (Lipinski definition) is 4. The van der Waals surface area contributed by atoms with Crippen molar-refractivity contribution in [2.45, 2.75) is 13.8 Å². The molecular formula is C14H15ClN4O. The minimum atomic E-state index is -0.379.